The normalized spacial score (nSPS) is 12.4. The lowest BCUT2D eigenvalue weighted by Crippen LogP contribution is -1.93. The molecular formula is C36H56O4. The van der Waals surface area contributed by atoms with Gasteiger partial charge in [0.15, 0.2) is 0 Å². The fourth-order valence-corrected chi connectivity index (χ4v) is 3.43. The number of hydrogen-bond acceptors (Lipinski definition) is 2. The van der Waals surface area contributed by atoms with Crippen molar-refractivity contribution in [2.45, 2.75) is 117 Å². The predicted molar refractivity (Wildman–Crippen MR) is 174 cm³/mol. The molecule has 0 aromatic heterocycles. The zero-order chi connectivity index (χ0) is 29.8. The molecule has 0 heterocycles. The Kier molecular flexibility index (Phi) is 35.0. The van der Waals surface area contributed by atoms with Crippen molar-refractivity contribution >= 4 is 11.9 Å². The van der Waals surface area contributed by atoms with Gasteiger partial charge in [0.1, 0.15) is 0 Å². The monoisotopic (exact) mass is 552 g/mol. The molecule has 0 amide bonds. The van der Waals surface area contributed by atoms with E-state index in [1.165, 1.54) is 25.7 Å². The number of rotatable bonds is 24. The van der Waals surface area contributed by atoms with Gasteiger partial charge in [-0.3, -0.25) is 9.59 Å². The first-order valence-electron chi connectivity index (χ1n) is 15.3. The van der Waals surface area contributed by atoms with Gasteiger partial charge < -0.3 is 10.2 Å². The Hall–Kier alpha value is -3.14. The lowest BCUT2D eigenvalue weighted by Gasteiger charge is -1.97. The molecule has 0 aliphatic carbocycles. The van der Waals surface area contributed by atoms with Gasteiger partial charge in [-0.1, -0.05) is 150 Å². The number of unbranched alkanes of at least 4 members (excludes halogenated alkanes) is 10. The molecule has 0 fully saturated rings. The lowest BCUT2D eigenvalue weighted by molar-refractivity contribution is -0.138. The predicted octanol–water partition coefficient (Wildman–Crippen LogP) is 10.9. The SMILES string of the molecule is CCC=CC=CC=CC=CCCCCCCCC(=O)O.CCC=CC=CC=CC=CCCCCCCCC(=O)O. The Morgan fingerprint density at radius 3 is 1.00 bits per heavy atom. The van der Waals surface area contributed by atoms with Crippen molar-refractivity contribution in [3.8, 4) is 0 Å². The molecule has 0 spiro atoms. The summed E-state index contributed by atoms with van der Waals surface area (Å²) in [5.74, 6) is -1.36. The van der Waals surface area contributed by atoms with Crippen LogP contribution in [-0.4, -0.2) is 22.2 Å². The topological polar surface area (TPSA) is 74.6 Å². The maximum atomic E-state index is 10.3. The van der Waals surface area contributed by atoms with E-state index in [0.717, 1.165) is 64.2 Å². The second-order valence-corrected chi connectivity index (χ2v) is 9.47. The summed E-state index contributed by atoms with van der Waals surface area (Å²) in [6.07, 6.45) is 48.9. The zero-order valence-corrected chi connectivity index (χ0v) is 25.3. The van der Waals surface area contributed by atoms with E-state index in [9.17, 15) is 9.59 Å². The fourth-order valence-electron chi connectivity index (χ4n) is 3.43. The van der Waals surface area contributed by atoms with Crippen LogP contribution in [0.5, 0.6) is 0 Å². The van der Waals surface area contributed by atoms with Crippen LogP contribution in [0.15, 0.2) is 97.2 Å². The van der Waals surface area contributed by atoms with E-state index in [1.807, 2.05) is 48.6 Å². The number of carbonyl (C=O) groups is 2. The second-order valence-electron chi connectivity index (χ2n) is 9.47. The molecule has 0 aliphatic heterocycles. The van der Waals surface area contributed by atoms with Crippen LogP contribution in [0.4, 0.5) is 0 Å². The number of allylic oxidation sites excluding steroid dienone is 16. The standard InChI is InChI=1S/2C18H28O2/c2*1-2-3-4-5-6-7-8-9-10-11-12-13-14-15-16-17-18(19)20/h2*3-10H,2,11-17H2,1H3,(H,19,20). The van der Waals surface area contributed by atoms with Crippen LogP contribution in [0.3, 0.4) is 0 Å². The summed E-state index contributed by atoms with van der Waals surface area (Å²) in [4.78, 5) is 20.6. The van der Waals surface area contributed by atoms with Crippen molar-refractivity contribution in [2.24, 2.45) is 0 Å². The molecule has 2 N–H and O–H groups in total. The Bertz CT molecular complexity index is 739. The van der Waals surface area contributed by atoms with Crippen molar-refractivity contribution in [1.29, 1.82) is 0 Å². The Morgan fingerprint density at radius 2 is 0.675 bits per heavy atom. The summed E-state index contributed by atoms with van der Waals surface area (Å²) in [7, 11) is 0. The number of carboxylic acids is 2. The molecule has 0 saturated carbocycles. The molecule has 0 saturated heterocycles. The van der Waals surface area contributed by atoms with E-state index in [0.29, 0.717) is 12.8 Å². The molecule has 224 valence electrons. The van der Waals surface area contributed by atoms with Crippen molar-refractivity contribution in [1.82, 2.24) is 0 Å². The van der Waals surface area contributed by atoms with Crippen LogP contribution in [0, 0.1) is 0 Å². The largest absolute Gasteiger partial charge is 0.481 e. The van der Waals surface area contributed by atoms with Gasteiger partial charge in [-0.2, -0.15) is 0 Å². The maximum absolute atomic E-state index is 10.3. The van der Waals surface area contributed by atoms with Crippen molar-refractivity contribution in [3.63, 3.8) is 0 Å². The first-order chi connectivity index (χ1) is 19.5. The third-order valence-corrected chi connectivity index (χ3v) is 5.65. The number of aliphatic carboxylic acids is 2. The summed E-state index contributed by atoms with van der Waals surface area (Å²) in [5.41, 5.74) is 0. The summed E-state index contributed by atoms with van der Waals surface area (Å²) < 4.78 is 0. The van der Waals surface area contributed by atoms with Gasteiger partial charge in [-0.05, 0) is 51.4 Å². The van der Waals surface area contributed by atoms with E-state index < -0.39 is 11.9 Å². The van der Waals surface area contributed by atoms with Crippen molar-refractivity contribution in [3.05, 3.63) is 97.2 Å². The highest BCUT2D eigenvalue weighted by Crippen LogP contribution is 2.08. The highest BCUT2D eigenvalue weighted by molar-refractivity contribution is 5.66. The molecular weight excluding hydrogens is 496 g/mol. The average molecular weight is 553 g/mol. The quantitative estimate of drug-likeness (QED) is 0.0922. The molecule has 0 aromatic carbocycles. The zero-order valence-electron chi connectivity index (χ0n) is 25.3. The smallest absolute Gasteiger partial charge is 0.303 e. The molecule has 0 radical (unpaired) electrons. The van der Waals surface area contributed by atoms with Crippen molar-refractivity contribution in [2.75, 3.05) is 0 Å². The van der Waals surface area contributed by atoms with Gasteiger partial charge in [0.2, 0.25) is 0 Å². The third-order valence-electron chi connectivity index (χ3n) is 5.65. The first kappa shape index (κ1) is 39.0. The minimum absolute atomic E-state index is 0.311. The van der Waals surface area contributed by atoms with Gasteiger partial charge in [0.25, 0.3) is 0 Å². The van der Waals surface area contributed by atoms with Gasteiger partial charge in [-0.25, -0.2) is 0 Å². The van der Waals surface area contributed by atoms with E-state index in [4.69, 9.17) is 10.2 Å². The third kappa shape index (κ3) is 42.0. The van der Waals surface area contributed by atoms with Crippen LogP contribution < -0.4 is 0 Å². The molecule has 40 heavy (non-hydrogen) atoms. The van der Waals surface area contributed by atoms with Crippen LogP contribution in [-0.2, 0) is 9.59 Å². The minimum atomic E-state index is -0.682. The highest BCUT2D eigenvalue weighted by Gasteiger charge is 1.96. The van der Waals surface area contributed by atoms with Gasteiger partial charge >= 0.3 is 11.9 Å². The molecule has 0 rings (SSSR count). The van der Waals surface area contributed by atoms with Gasteiger partial charge in [0, 0.05) is 12.8 Å². The maximum Gasteiger partial charge on any atom is 0.303 e. The summed E-state index contributed by atoms with van der Waals surface area (Å²) in [6.45, 7) is 4.24. The summed E-state index contributed by atoms with van der Waals surface area (Å²) >= 11 is 0. The van der Waals surface area contributed by atoms with E-state index >= 15 is 0 Å². The van der Waals surface area contributed by atoms with Gasteiger partial charge in [0.05, 0.1) is 0 Å². The fraction of sp³-hybridized carbons (Fsp3) is 0.500. The summed E-state index contributed by atoms with van der Waals surface area (Å²) in [6, 6.07) is 0. The number of carboxylic acid groups (broad SMARTS) is 2. The van der Waals surface area contributed by atoms with Crippen LogP contribution in [0.25, 0.3) is 0 Å². The Balaban J connectivity index is 0. The van der Waals surface area contributed by atoms with Crippen molar-refractivity contribution < 1.29 is 19.8 Å². The van der Waals surface area contributed by atoms with Crippen LogP contribution in [0.1, 0.15) is 117 Å². The molecule has 0 bridgehead atoms. The first-order valence-corrected chi connectivity index (χ1v) is 15.3. The number of hydrogen-bond donors (Lipinski definition) is 2. The molecule has 0 aliphatic rings. The van der Waals surface area contributed by atoms with Crippen LogP contribution >= 0.6 is 0 Å². The highest BCUT2D eigenvalue weighted by atomic mass is 16.4. The second kappa shape index (κ2) is 35.9. The summed E-state index contributed by atoms with van der Waals surface area (Å²) in [5, 5.41) is 17.0. The minimum Gasteiger partial charge on any atom is -0.481 e. The van der Waals surface area contributed by atoms with E-state index in [2.05, 4.69) is 62.5 Å². The molecule has 0 unspecified atom stereocenters. The molecule has 0 aromatic rings. The Morgan fingerprint density at radius 1 is 0.400 bits per heavy atom. The van der Waals surface area contributed by atoms with E-state index in [1.54, 1.807) is 0 Å². The van der Waals surface area contributed by atoms with Gasteiger partial charge in [-0.15, -0.1) is 0 Å². The van der Waals surface area contributed by atoms with E-state index in [-0.39, 0.29) is 0 Å². The molecule has 4 heteroatoms. The van der Waals surface area contributed by atoms with Crippen LogP contribution in [0.2, 0.25) is 0 Å². The lowest BCUT2D eigenvalue weighted by atomic mass is 10.1. The Labute approximate surface area is 245 Å². The molecule has 0 atom stereocenters. The molecule has 4 nitrogen and oxygen atoms in total. The average Bonchev–Trinajstić information content (AvgIpc) is 2.93.